The summed E-state index contributed by atoms with van der Waals surface area (Å²) < 4.78 is 8.22. The first-order chi connectivity index (χ1) is 14.0. The Labute approximate surface area is 180 Å². The smallest absolute Gasteiger partial charge is 0.141 e. The number of fused-ring (bicyclic) bond motifs is 1. The minimum Gasteiger partial charge on any atom is -0.494 e. The molecule has 0 spiro atoms. The van der Waals surface area contributed by atoms with Crippen LogP contribution in [0, 0.1) is 13.8 Å². The van der Waals surface area contributed by atoms with Gasteiger partial charge in [-0.25, -0.2) is 4.98 Å². The van der Waals surface area contributed by atoms with Gasteiger partial charge in [0, 0.05) is 22.2 Å². The first-order valence-corrected chi connectivity index (χ1v) is 10.4. The summed E-state index contributed by atoms with van der Waals surface area (Å²) in [5, 5.41) is 1.51. The zero-order chi connectivity index (χ0) is 20.4. The van der Waals surface area contributed by atoms with Crippen molar-refractivity contribution in [3.05, 3.63) is 81.8 Å². The minimum atomic E-state index is 0.613. The highest BCUT2D eigenvalue weighted by Crippen LogP contribution is 2.28. The predicted octanol–water partition coefficient (Wildman–Crippen LogP) is 7.10. The highest BCUT2D eigenvalue weighted by molar-refractivity contribution is 6.32. The highest BCUT2D eigenvalue weighted by Gasteiger charge is 2.12. The Morgan fingerprint density at radius 3 is 2.45 bits per heavy atom. The maximum Gasteiger partial charge on any atom is 0.141 e. The molecule has 0 amide bonds. The van der Waals surface area contributed by atoms with Crippen LogP contribution >= 0.6 is 23.2 Å². The fraction of sp³-hybridized carbons (Fsp3) is 0.208. The van der Waals surface area contributed by atoms with Crippen LogP contribution in [0.4, 0.5) is 0 Å². The molecule has 0 N–H and O–H groups in total. The third-order valence-electron chi connectivity index (χ3n) is 4.94. The Hall–Kier alpha value is -2.49. The maximum absolute atomic E-state index is 6.25. The van der Waals surface area contributed by atoms with Gasteiger partial charge in [-0.05, 0) is 67.8 Å². The SMILES string of the molecule is Cc1cc(OCCCn2c(-c3cccc(Cl)c3)nc3ccccc32)cc(C)c1Cl. The molecule has 148 valence electrons. The van der Waals surface area contributed by atoms with Crippen molar-refractivity contribution in [2.75, 3.05) is 6.61 Å². The van der Waals surface area contributed by atoms with Gasteiger partial charge in [0.05, 0.1) is 17.6 Å². The van der Waals surface area contributed by atoms with Crippen LogP contribution < -0.4 is 4.74 Å². The van der Waals surface area contributed by atoms with Crippen molar-refractivity contribution < 1.29 is 4.74 Å². The second-order valence-electron chi connectivity index (χ2n) is 7.16. The molecule has 0 saturated heterocycles. The van der Waals surface area contributed by atoms with Gasteiger partial charge in [0.15, 0.2) is 0 Å². The summed E-state index contributed by atoms with van der Waals surface area (Å²) in [5.74, 6) is 1.78. The highest BCUT2D eigenvalue weighted by atomic mass is 35.5. The molecule has 29 heavy (non-hydrogen) atoms. The number of benzene rings is 3. The van der Waals surface area contributed by atoms with Crippen LogP contribution in [0.1, 0.15) is 17.5 Å². The number of nitrogens with zero attached hydrogens (tertiary/aromatic N) is 2. The van der Waals surface area contributed by atoms with E-state index in [4.69, 9.17) is 32.9 Å². The van der Waals surface area contributed by atoms with Crippen LogP contribution in [0.3, 0.4) is 0 Å². The van der Waals surface area contributed by atoms with Crippen LogP contribution in [0.25, 0.3) is 22.4 Å². The maximum atomic E-state index is 6.25. The van der Waals surface area contributed by atoms with Crippen molar-refractivity contribution in [2.24, 2.45) is 0 Å². The molecule has 0 aliphatic rings. The number of hydrogen-bond donors (Lipinski definition) is 0. The molecule has 3 nitrogen and oxygen atoms in total. The lowest BCUT2D eigenvalue weighted by Gasteiger charge is -2.12. The second-order valence-corrected chi connectivity index (χ2v) is 7.97. The van der Waals surface area contributed by atoms with Crippen LogP contribution in [-0.4, -0.2) is 16.2 Å². The van der Waals surface area contributed by atoms with Crippen molar-refractivity contribution in [1.82, 2.24) is 9.55 Å². The molecule has 0 saturated carbocycles. The summed E-state index contributed by atoms with van der Waals surface area (Å²) in [6.45, 7) is 5.41. The Morgan fingerprint density at radius 1 is 0.931 bits per heavy atom. The zero-order valence-electron chi connectivity index (χ0n) is 16.5. The molecule has 0 aliphatic heterocycles. The lowest BCUT2D eigenvalue weighted by Crippen LogP contribution is -2.06. The summed E-state index contributed by atoms with van der Waals surface area (Å²) in [7, 11) is 0. The average molecular weight is 425 g/mol. The summed E-state index contributed by atoms with van der Waals surface area (Å²) >= 11 is 12.5. The Balaban J connectivity index is 1.54. The lowest BCUT2D eigenvalue weighted by atomic mass is 10.1. The first kappa shape index (κ1) is 19.8. The Kier molecular flexibility index (Phi) is 5.79. The lowest BCUT2D eigenvalue weighted by molar-refractivity contribution is 0.302. The van der Waals surface area contributed by atoms with E-state index in [0.717, 1.165) is 57.3 Å². The summed E-state index contributed by atoms with van der Waals surface area (Å²) in [6.07, 6.45) is 0.856. The topological polar surface area (TPSA) is 27.1 Å². The minimum absolute atomic E-state index is 0.613. The molecule has 4 aromatic rings. The Bertz CT molecular complexity index is 1140. The van der Waals surface area contributed by atoms with Crippen LogP contribution in [0.5, 0.6) is 5.75 Å². The van der Waals surface area contributed by atoms with Gasteiger partial charge < -0.3 is 9.30 Å². The summed E-state index contributed by atoms with van der Waals surface area (Å²) in [5.41, 5.74) is 5.17. The standard InChI is InChI=1S/C24H22Cl2N2O/c1-16-13-20(14-17(2)23(16)26)29-12-6-11-28-22-10-4-3-9-21(22)27-24(28)18-7-5-8-19(25)15-18/h3-5,7-10,13-15H,6,11-12H2,1-2H3. The zero-order valence-corrected chi connectivity index (χ0v) is 18.0. The average Bonchev–Trinajstić information content (AvgIpc) is 3.08. The number of halogens is 2. The van der Waals surface area contributed by atoms with Gasteiger partial charge in [-0.1, -0.05) is 47.5 Å². The van der Waals surface area contributed by atoms with Gasteiger partial charge in [0.2, 0.25) is 0 Å². The van der Waals surface area contributed by atoms with Crippen molar-refractivity contribution in [3.63, 3.8) is 0 Å². The first-order valence-electron chi connectivity index (χ1n) is 9.63. The molecule has 1 aromatic heterocycles. The summed E-state index contributed by atoms with van der Waals surface area (Å²) in [4.78, 5) is 4.84. The molecule has 3 aromatic carbocycles. The van der Waals surface area contributed by atoms with E-state index in [9.17, 15) is 0 Å². The van der Waals surface area contributed by atoms with Crippen LogP contribution in [-0.2, 0) is 6.54 Å². The monoisotopic (exact) mass is 424 g/mol. The molecule has 0 fully saturated rings. The summed E-state index contributed by atoms with van der Waals surface area (Å²) in [6, 6.07) is 20.0. The van der Waals surface area contributed by atoms with Crippen molar-refractivity contribution >= 4 is 34.2 Å². The largest absolute Gasteiger partial charge is 0.494 e. The number of para-hydroxylation sites is 2. The Morgan fingerprint density at radius 2 is 1.69 bits per heavy atom. The quantitative estimate of drug-likeness (QED) is 0.308. The number of hydrogen-bond acceptors (Lipinski definition) is 2. The second kappa shape index (κ2) is 8.48. The number of aromatic nitrogens is 2. The van der Waals surface area contributed by atoms with Gasteiger partial charge in [-0.2, -0.15) is 0 Å². The number of aryl methyl sites for hydroxylation is 3. The fourth-order valence-corrected chi connectivity index (χ4v) is 3.85. The van der Waals surface area contributed by atoms with E-state index < -0.39 is 0 Å². The molecule has 4 rings (SSSR count). The molecular formula is C24H22Cl2N2O. The molecule has 1 heterocycles. The van der Waals surface area contributed by atoms with Crippen LogP contribution in [0.2, 0.25) is 10.0 Å². The van der Waals surface area contributed by atoms with E-state index in [0.29, 0.717) is 11.6 Å². The normalized spacial score (nSPS) is 11.2. The third kappa shape index (κ3) is 4.26. The number of ether oxygens (including phenoxy) is 1. The van der Waals surface area contributed by atoms with Crippen molar-refractivity contribution in [3.8, 4) is 17.1 Å². The van der Waals surface area contributed by atoms with Gasteiger partial charge >= 0.3 is 0 Å². The van der Waals surface area contributed by atoms with Gasteiger partial charge in [-0.15, -0.1) is 0 Å². The third-order valence-corrected chi connectivity index (χ3v) is 5.77. The predicted molar refractivity (Wildman–Crippen MR) is 121 cm³/mol. The van der Waals surface area contributed by atoms with Gasteiger partial charge in [-0.3, -0.25) is 0 Å². The van der Waals surface area contributed by atoms with E-state index in [-0.39, 0.29) is 0 Å². The molecule has 0 unspecified atom stereocenters. The molecular weight excluding hydrogens is 403 g/mol. The van der Waals surface area contributed by atoms with Gasteiger partial charge in [0.25, 0.3) is 0 Å². The van der Waals surface area contributed by atoms with Crippen molar-refractivity contribution in [2.45, 2.75) is 26.8 Å². The number of imidazole rings is 1. The van der Waals surface area contributed by atoms with Gasteiger partial charge in [0.1, 0.15) is 11.6 Å². The van der Waals surface area contributed by atoms with E-state index in [1.54, 1.807) is 0 Å². The van der Waals surface area contributed by atoms with Crippen LogP contribution in [0.15, 0.2) is 60.7 Å². The van der Waals surface area contributed by atoms with E-state index >= 15 is 0 Å². The van der Waals surface area contributed by atoms with E-state index in [2.05, 4.69) is 10.6 Å². The fourth-order valence-electron chi connectivity index (χ4n) is 3.55. The molecule has 0 radical (unpaired) electrons. The molecule has 0 atom stereocenters. The van der Waals surface area contributed by atoms with E-state index in [1.807, 2.05) is 68.4 Å². The van der Waals surface area contributed by atoms with Crippen molar-refractivity contribution in [1.29, 1.82) is 0 Å². The molecule has 0 aliphatic carbocycles. The van der Waals surface area contributed by atoms with E-state index in [1.165, 1.54) is 0 Å². The molecule has 5 heteroatoms. The number of rotatable bonds is 6. The molecule has 0 bridgehead atoms.